The van der Waals surface area contributed by atoms with Crippen molar-refractivity contribution in [1.29, 1.82) is 0 Å². The fourth-order valence-electron chi connectivity index (χ4n) is 3.18. The maximum atomic E-state index is 12.8. The van der Waals surface area contributed by atoms with Gasteiger partial charge in [-0.1, -0.05) is 46.3 Å². The number of fused-ring (bicyclic) bond motifs is 1. The molecule has 0 amide bonds. The van der Waals surface area contributed by atoms with Crippen LogP contribution in [0.4, 0.5) is 0 Å². The highest BCUT2D eigenvalue weighted by molar-refractivity contribution is 9.10. The van der Waals surface area contributed by atoms with Crippen LogP contribution in [0.5, 0.6) is 5.75 Å². The maximum Gasteiger partial charge on any atom is 0.310 e. The van der Waals surface area contributed by atoms with Gasteiger partial charge in [-0.2, -0.15) is 0 Å². The first-order valence-corrected chi connectivity index (χ1v) is 9.78. The van der Waals surface area contributed by atoms with Crippen LogP contribution in [0.2, 0.25) is 0 Å². The van der Waals surface area contributed by atoms with E-state index >= 15 is 0 Å². The molecule has 1 heterocycles. The average molecular weight is 460 g/mol. The third-order valence-electron chi connectivity index (χ3n) is 4.45. The zero-order valence-electron chi connectivity index (χ0n) is 15.6. The minimum atomic E-state index is -1.13. The molecule has 0 fully saturated rings. The highest BCUT2D eigenvalue weighted by Crippen LogP contribution is 2.39. The van der Waals surface area contributed by atoms with Crippen molar-refractivity contribution in [2.75, 3.05) is 6.61 Å². The number of hydrogen-bond donors (Lipinski definition) is 0. The van der Waals surface area contributed by atoms with E-state index in [0.29, 0.717) is 16.9 Å². The summed E-state index contributed by atoms with van der Waals surface area (Å²) in [6.45, 7) is 1.82. The molecular weight excluding hydrogens is 442 g/mol. The summed E-state index contributed by atoms with van der Waals surface area (Å²) in [7, 11) is 0. The summed E-state index contributed by atoms with van der Waals surface area (Å²) >= 11 is 3.32. The number of nitro groups is 1. The molecule has 0 N–H and O–H groups in total. The Morgan fingerprint density at radius 3 is 2.52 bits per heavy atom. The van der Waals surface area contributed by atoms with Gasteiger partial charge in [0.1, 0.15) is 5.75 Å². The van der Waals surface area contributed by atoms with Crippen LogP contribution in [-0.2, 0) is 9.53 Å². The van der Waals surface area contributed by atoms with E-state index in [1.807, 2.05) is 0 Å². The number of rotatable bonds is 7. The number of ether oxygens (including phenoxy) is 2. The first-order chi connectivity index (χ1) is 13.9. The van der Waals surface area contributed by atoms with E-state index in [2.05, 4.69) is 15.9 Å². The van der Waals surface area contributed by atoms with Crippen molar-refractivity contribution in [3.63, 3.8) is 0 Å². The van der Waals surface area contributed by atoms with Crippen molar-refractivity contribution in [3.8, 4) is 5.75 Å². The van der Waals surface area contributed by atoms with Crippen LogP contribution < -0.4 is 4.74 Å². The SMILES string of the molecule is CCOC(=O)C[C@@H]1Oc2ccccc2C(CC(=O)c2ccc(Br)cc2)=C1[N+](=O)[O-]. The van der Waals surface area contributed by atoms with Gasteiger partial charge in [0.15, 0.2) is 11.9 Å². The van der Waals surface area contributed by atoms with Crippen LogP contribution >= 0.6 is 15.9 Å². The van der Waals surface area contributed by atoms with Gasteiger partial charge in [-0.15, -0.1) is 0 Å². The van der Waals surface area contributed by atoms with E-state index in [-0.39, 0.29) is 36.5 Å². The molecule has 8 heteroatoms. The maximum absolute atomic E-state index is 12.8. The van der Waals surface area contributed by atoms with Gasteiger partial charge in [-0.3, -0.25) is 19.7 Å². The number of halogens is 1. The summed E-state index contributed by atoms with van der Waals surface area (Å²) in [6, 6.07) is 13.5. The van der Waals surface area contributed by atoms with E-state index in [0.717, 1.165) is 4.47 Å². The van der Waals surface area contributed by atoms with E-state index in [4.69, 9.17) is 9.47 Å². The molecule has 2 aromatic rings. The molecule has 1 atom stereocenters. The normalized spacial score (nSPS) is 15.3. The molecule has 0 bridgehead atoms. The fraction of sp³-hybridized carbons (Fsp3) is 0.238. The van der Waals surface area contributed by atoms with E-state index < -0.39 is 17.0 Å². The lowest BCUT2D eigenvalue weighted by Crippen LogP contribution is -2.32. The van der Waals surface area contributed by atoms with Crippen molar-refractivity contribution in [3.05, 3.63) is 79.9 Å². The van der Waals surface area contributed by atoms with Crippen LogP contribution in [0, 0.1) is 10.1 Å². The molecule has 0 aromatic heterocycles. The van der Waals surface area contributed by atoms with Gasteiger partial charge in [-0.05, 0) is 25.1 Å². The standard InChI is InChI=1S/C21H18BrNO6/c1-2-28-20(25)12-19-21(23(26)27)16(15-5-3-4-6-18(15)29-19)11-17(24)13-7-9-14(22)10-8-13/h3-10,19H,2,11-12H2,1H3/t19-/m0/s1. The number of allylic oxidation sites excluding steroid dienone is 1. The Bertz CT molecular complexity index is 983. The van der Waals surface area contributed by atoms with Gasteiger partial charge < -0.3 is 9.47 Å². The molecule has 0 saturated heterocycles. The van der Waals surface area contributed by atoms with E-state index in [1.54, 1.807) is 55.5 Å². The second-order valence-electron chi connectivity index (χ2n) is 6.34. The third kappa shape index (κ3) is 4.71. The number of carbonyl (C=O) groups is 2. The van der Waals surface area contributed by atoms with E-state index in [1.165, 1.54) is 0 Å². The minimum absolute atomic E-state index is 0.161. The lowest BCUT2D eigenvalue weighted by Gasteiger charge is -2.25. The van der Waals surface area contributed by atoms with Gasteiger partial charge in [0.25, 0.3) is 5.70 Å². The van der Waals surface area contributed by atoms with Crippen LogP contribution in [0.1, 0.15) is 35.7 Å². The molecule has 0 aliphatic carbocycles. The second-order valence-corrected chi connectivity index (χ2v) is 7.26. The number of hydrogen-bond acceptors (Lipinski definition) is 6. The van der Waals surface area contributed by atoms with Crippen LogP contribution in [0.15, 0.2) is 58.7 Å². The summed E-state index contributed by atoms with van der Waals surface area (Å²) in [4.78, 5) is 36.1. The molecule has 150 valence electrons. The first-order valence-electron chi connectivity index (χ1n) is 8.98. The molecule has 1 aliphatic rings. The Kier molecular flexibility index (Phi) is 6.43. The highest BCUT2D eigenvalue weighted by Gasteiger charge is 2.39. The lowest BCUT2D eigenvalue weighted by molar-refractivity contribution is -0.434. The lowest BCUT2D eigenvalue weighted by atomic mass is 9.91. The Hall–Kier alpha value is -3.00. The van der Waals surface area contributed by atoms with Crippen molar-refractivity contribution in [2.24, 2.45) is 0 Å². The summed E-state index contributed by atoms with van der Waals surface area (Å²) < 4.78 is 11.5. The van der Waals surface area contributed by atoms with Gasteiger partial charge in [0.05, 0.1) is 18.0 Å². The summed E-state index contributed by atoms with van der Waals surface area (Å²) in [5, 5.41) is 11.9. The second kappa shape index (κ2) is 9.00. The van der Waals surface area contributed by atoms with Crippen LogP contribution in [-0.4, -0.2) is 29.4 Å². The van der Waals surface area contributed by atoms with Gasteiger partial charge in [0, 0.05) is 27.6 Å². The minimum Gasteiger partial charge on any atom is -0.478 e. The topological polar surface area (TPSA) is 95.7 Å². The highest BCUT2D eigenvalue weighted by atomic mass is 79.9. The summed E-state index contributed by atoms with van der Waals surface area (Å²) in [6.07, 6.45) is -1.63. The number of ketones is 1. The van der Waals surface area contributed by atoms with E-state index in [9.17, 15) is 19.7 Å². The molecule has 0 spiro atoms. The van der Waals surface area contributed by atoms with Gasteiger partial charge in [-0.25, -0.2) is 0 Å². The molecule has 7 nitrogen and oxygen atoms in total. The molecule has 0 saturated carbocycles. The average Bonchev–Trinajstić information content (AvgIpc) is 2.68. The zero-order chi connectivity index (χ0) is 21.0. The van der Waals surface area contributed by atoms with Crippen molar-refractivity contribution in [1.82, 2.24) is 0 Å². The van der Waals surface area contributed by atoms with Crippen LogP contribution in [0.25, 0.3) is 5.57 Å². The molecule has 1 aliphatic heterocycles. The zero-order valence-corrected chi connectivity index (χ0v) is 17.2. The smallest absolute Gasteiger partial charge is 0.310 e. The van der Waals surface area contributed by atoms with Gasteiger partial charge >= 0.3 is 5.97 Å². The fourth-order valence-corrected chi connectivity index (χ4v) is 3.45. The van der Waals surface area contributed by atoms with Crippen molar-refractivity contribution in [2.45, 2.75) is 25.9 Å². The molecule has 29 heavy (non-hydrogen) atoms. The largest absolute Gasteiger partial charge is 0.478 e. The first kappa shape index (κ1) is 20.7. The van der Waals surface area contributed by atoms with Crippen LogP contribution in [0.3, 0.4) is 0 Å². The molecule has 0 radical (unpaired) electrons. The Morgan fingerprint density at radius 2 is 1.86 bits per heavy atom. The predicted molar refractivity (Wildman–Crippen MR) is 109 cm³/mol. The van der Waals surface area contributed by atoms with Gasteiger partial charge in [0.2, 0.25) is 0 Å². The van der Waals surface area contributed by atoms with Crippen molar-refractivity contribution >= 4 is 33.3 Å². The molecule has 0 unspecified atom stereocenters. The molecular formula is C21H18BrNO6. The number of benzene rings is 2. The Morgan fingerprint density at radius 1 is 1.17 bits per heavy atom. The van der Waals surface area contributed by atoms with Crippen molar-refractivity contribution < 1.29 is 24.0 Å². The molecule has 3 rings (SSSR count). The number of nitrogens with zero attached hydrogens (tertiary/aromatic N) is 1. The quantitative estimate of drug-likeness (QED) is 0.263. The Labute approximate surface area is 175 Å². The number of esters is 1. The Balaban J connectivity index is 2.03. The molecule has 2 aromatic carbocycles. The monoisotopic (exact) mass is 459 g/mol. The summed E-state index contributed by atoms with van der Waals surface area (Å²) in [5.41, 5.74) is 0.875. The predicted octanol–water partition coefficient (Wildman–Crippen LogP) is 4.42. The number of carbonyl (C=O) groups excluding carboxylic acids is 2. The summed E-state index contributed by atoms with van der Waals surface area (Å²) in [5.74, 6) is -0.473. The number of para-hydroxylation sites is 1. The number of Topliss-reactive ketones (excluding diaryl/α,β-unsaturated/α-hetero) is 1. The third-order valence-corrected chi connectivity index (χ3v) is 4.98.